The number of carbonyl (C=O) groups is 1. The molecule has 0 atom stereocenters. The molecule has 32 heavy (non-hydrogen) atoms. The van der Waals surface area contributed by atoms with E-state index >= 15 is 0 Å². The van der Waals surface area contributed by atoms with Crippen molar-refractivity contribution in [3.63, 3.8) is 0 Å². The van der Waals surface area contributed by atoms with Crippen LogP contribution in [0.1, 0.15) is 43.6 Å². The Morgan fingerprint density at radius 2 is 1.81 bits per heavy atom. The first-order valence-corrected chi connectivity index (χ1v) is 11.1. The zero-order valence-corrected chi connectivity index (χ0v) is 18.4. The molecule has 0 aliphatic carbocycles. The minimum atomic E-state index is -0.649. The number of rotatable bonds is 6. The summed E-state index contributed by atoms with van der Waals surface area (Å²) in [6.07, 6.45) is 4.87. The van der Waals surface area contributed by atoms with Crippen LogP contribution in [0.4, 0.5) is 14.5 Å². The van der Waals surface area contributed by atoms with E-state index in [9.17, 15) is 13.6 Å². The van der Waals surface area contributed by atoms with Gasteiger partial charge < -0.3 is 10.2 Å². The Kier molecular flexibility index (Phi) is 6.58. The maximum atomic E-state index is 13.8. The van der Waals surface area contributed by atoms with Gasteiger partial charge in [0.2, 0.25) is 5.91 Å². The zero-order chi connectivity index (χ0) is 22.7. The standard InChI is InChI=1S/C24H27F2N5O/c1-3-20-21(4-2)30-23-22(29-20)12-18(14-27-23)31-9-7-15(8-10-31)24(32)28-13-16-5-6-17(25)11-19(16)26/h5-6,11-12,14-15H,3-4,7-10,13H2,1-2H3,(H,28,32). The highest BCUT2D eigenvalue weighted by Gasteiger charge is 2.25. The molecule has 3 heterocycles. The number of nitrogens with one attached hydrogen (secondary N) is 1. The number of amides is 1. The van der Waals surface area contributed by atoms with Gasteiger partial charge in [0.05, 0.1) is 23.3 Å². The fraction of sp³-hybridized carbons (Fsp3) is 0.417. The van der Waals surface area contributed by atoms with Crippen molar-refractivity contribution in [3.8, 4) is 0 Å². The summed E-state index contributed by atoms with van der Waals surface area (Å²) in [6, 6.07) is 5.40. The number of aromatic nitrogens is 3. The second kappa shape index (κ2) is 9.54. The summed E-state index contributed by atoms with van der Waals surface area (Å²) < 4.78 is 26.8. The van der Waals surface area contributed by atoms with E-state index < -0.39 is 11.6 Å². The van der Waals surface area contributed by atoms with Crippen molar-refractivity contribution in [1.82, 2.24) is 20.3 Å². The van der Waals surface area contributed by atoms with Gasteiger partial charge in [-0.05, 0) is 37.8 Å². The molecule has 0 radical (unpaired) electrons. The molecule has 1 N–H and O–H groups in total. The van der Waals surface area contributed by atoms with Crippen LogP contribution in [0.2, 0.25) is 0 Å². The number of anilines is 1. The van der Waals surface area contributed by atoms with Crippen LogP contribution in [0.3, 0.4) is 0 Å². The topological polar surface area (TPSA) is 71.0 Å². The summed E-state index contributed by atoms with van der Waals surface area (Å²) in [5.41, 5.74) is 4.70. The highest BCUT2D eigenvalue weighted by Crippen LogP contribution is 2.25. The third-order valence-electron chi connectivity index (χ3n) is 6.03. The first-order chi connectivity index (χ1) is 15.5. The minimum absolute atomic E-state index is 0.0535. The molecule has 1 amide bonds. The average Bonchev–Trinajstić information content (AvgIpc) is 2.82. The number of aryl methyl sites for hydroxylation is 2. The molecule has 1 aliphatic rings. The van der Waals surface area contributed by atoms with Gasteiger partial charge in [0.1, 0.15) is 17.2 Å². The first kappa shape index (κ1) is 22.0. The summed E-state index contributed by atoms with van der Waals surface area (Å²) in [6.45, 7) is 5.64. The molecule has 0 saturated carbocycles. The van der Waals surface area contributed by atoms with Gasteiger partial charge in [-0.25, -0.2) is 23.7 Å². The molecule has 8 heteroatoms. The van der Waals surface area contributed by atoms with Crippen molar-refractivity contribution in [2.75, 3.05) is 18.0 Å². The van der Waals surface area contributed by atoms with Crippen LogP contribution in [-0.4, -0.2) is 33.9 Å². The van der Waals surface area contributed by atoms with Crippen LogP contribution in [0.25, 0.3) is 11.2 Å². The molecule has 1 fully saturated rings. The van der Waals surface area contributed by atoms with Crippen molar-refractivity contribution in [2.45, 2.75) is 46.1 Å². The number of fused-ring (bicyclic) bond motifs is 1. The lowest BCUT2D eigenvalue weighted by Crippen LogP contribution is -2.40. The Morgan fingerprint density at radius 3 is 2.50 bits per heavy atom. The summed E-state index contributed by atoms with van der Waals surface area (Å²) in [4.78, 5) is 28.7. The van der Waals surface area contributed by atoms with Crippen LogP contribution in [0.15, 0.2) is 30.5 Å². The predicted octanol–water partition coefficient (Wildman–Crippen LogP) is 3.96. The molecule has 2 aromatic heterocycles. The number of carbonyl (C=O) groups excluding carboxylic acids is 1. The molecule has 0 spiro atoms. The first-order valence-electron chi connectivity index (χ1n) is 11.1. The van der Waals surface area contributed by atoms with Crippen molar-refractivity contribution in [1.29, 1.82) is 0 Å². The van der Waals surface area contributed by atoms with E-state index in [0.29, 0.717) is 18.5 Å². The van der Waals surface area contributed by atoms with Crippen LogP contribution in [0, 0.1) is 17.6 Å². The molecule has 1 aliphatic heterocycles. The Bertz CT molecular complexity index is 1130. The average molecular weight is 440 g/mol. The maximum Gasteiger partial charge on any atom is 0.223 e. The van der Waals surface area contributed by atoms with E-state index in [1.165, 1.54) is 12.1 Å². The molecule has 1 aromatic carbocycles. The highest BCUT2D eigenvalue weighted by atomic mass is 19.1. The molecule has 168 valence electrons. The number of hydrogen-bond donors (Lipinski definition) is 1. The molecular weight excluding hydrogens is 412 g/mol. The molecule has 1 saturated heterocycles. The highest BCUT2D eigenvalue weighted by molar-refractivity contribution is 5.79. The lowest BCUT2D eigenvalue weighted by atomic mass is 9.95. The van der Waals surface area contributed by atoms with Crippen molar-refractivity contribution in [3.05, 3.63) is 59.0 Å². The van der Waals surface area contributed by atoms with Gasteiger partial charge in [0.25, 0.3) is 0 Å². The fourth-order valence-corrected chi connectivity index (χ4v) is 4.14. The zero-order valence-electron chi connectivity index (χ0n) is 18.4. The van der Waals surface area contributed by atoms with Gasteiger partial charge in [0, 0.05) is 37.2 Å². The largest absolute Gasteiger partial charge is 0.370 e. The minimum Gasteiger partial charge on any atom is -0.370 e. The molecular formula is C24H27F2N5O. The van der Waals surface area contributed by atoms with Gasteiger partial charge in [-0.1, -0.05) is 19.9 Å². The van der Waals surface area contributed by atoms with Crippen molar-refractivity contribution >= 4 is 22.8 Å². The number of pyridine rings is 1. The lowest BCUT2D eigenvalue weighted by Gasteiger charge is -2.32. The van der Waals surface area contributed by atoms with Gasteiger partial charge in [0.15, 0.2) is 5.65 Å². The third kappa shape index (κ3) is 4.69. The maximum absolute atomic E-state index is 13.8. The van der Waals surface area contributed by atoms with E-state index in [2.05, 4.69) is 34.0 Å². The van der Waals surface area contributed by atoms with Gasteiger partial charge in [-0.15, -0.1) is 0 Å². The second-order valence-electron chi connectivity index (χ2n) is 8.08. The third-order valence-corrected chi connectivity index (χ3v) is 6.03. The predicted molar refractivity (Wildman–Crippen MR) is 119 cm³/mol. The van der Waals surface area contributed by atoms with Gasteiger partial charge >= 0.3 is 0 Å². The number of hydrogen-bond acceptors (Lipinski definition) is 5. The Balaban J connectivity index is 1.37. The molecule has 3 aromatic rings. The SMILES string of the molecule is CCc1nc2cc(N3CCC(C(=O)NCc4ccc(F)cc4F)CC3)cnc2nc1CC. The van der Waals surface area contributed by atoms with Crippen LogP contribution in [0.5, 0.6) is 0 Å². The van der Waals surface area contributed by atoms with E-state index in [4.69, 9.17) is 4.98 Å². The lowest BCUT2D eigenvalue weighted by molar-refractivity contribution is -0.125. The van der Waals surface area contributed by atoms with Gasteiger partial charge in [-0.2, -0.15) is 0 Å². The second-order valence-corrected chi connectivity index (χ2v) is 8.08. The van der Waals surface area contributed by atoms with Crippen molar-refractivity contribution in [2.24, 2.45) is 5.92 Å². The van der Waals surface area contributed by atoms with E-state index in [1.807, 2.05) is 12.3 Å². The van der Waals surface area contributed by atoms with Gasteiger partial charge in [-0.3, -0.25) is 4.79 Å². The fourth-order valence-electron chi connectivity index (χ4n) is 4.14. The van der Waals surface area contributed by atoms with Crippen molar-refractivity contribution < 1.29 is 13.6 Å². The molecule has 4 rings (SSSR count). The Morgan fingerprint density at radius 1 is 1.09 bits per heavy atom. The summed E-state index contributed by atoms with van der Waals surface area (Å²) in [5, 5.41) is 2.78. The summed E-state index contributed by atoms with van der Waals surface area (Å²) >= 11 is 0. The molecule has 6 nitrogen and oxygen atoms in total. The molecule has 0 unspecified atom stereocenters. The van der Waals surface area contributed by atoms with Crippen LogP contribution in [-0.2, 0) is 24.2 Å². The van der Waals surface area contributed by atoms with E-state index in [1.54, 1.807) is 0 Å². The number of halogens is 2. The Hall–Kier alpha value is -3.16. The van der Waals surface area contributed by atoms with E-state index in [-0.39, 0.29) is 23.9 Å². The van der Waals surface area contributed by atoms with E-state index in [0.717, 1.165) is 54.6 Å². The number of nitrogens with zero attached hydrogens (tertiary/aromatic N) is 4. The van der Waals surface area contributed by atoms with Crippen LogP contribution >= 0.6 is 0 Å². The Labute approximate surface area is 186 Å². The summed E-state index contributed by atoms with van der Waals surface area (Å²) in [5.74, 6) is -1.52. The van der Waals surface area contributed by atoms with Crippen LogP contribution < -0.4 is 10.2 Å². The number of benzene rings is 1. The normalized spacial score (nSPS) is 14.7. The quantitative estimate of drug-likeness (QED) is 0.630. The summed E-state index contributed by atoms with van der Waals surface area (Å²) in [7, 11) is 0. The molecule has 0 bridgehead atoms. The number of piperidine rings is 1. The smallest absolute Gasteiger partial charge is 0.223 e. The monoisotopic (exact) mass is 439 g/mol.